The maximum atomic E-state index is 12.5. The zero-order chi connectivity index (χ0) is 35.4. The predicted molar refractivity (Wildman–Crippen MR) is 196 cm³/mol. The minimum atomic E-state index is -4.50. The molecule has 9 nitrogen and oxygen atoms in total. The molecule has 0 aromatic carbocycles. The first-order chi connectivity index (χ1) is 23.3. The molecule has 0 heterocycles. The summed E-state index contributed by atoms with van der Waals surface area (Å²) in [4.78, 5) is 22.4. The van der Waals surface area contributed by atoms with Crippen LogP contribution in [0.4, 0.5) is 0 Å². The smallest absolute Gasteiger partial charge is 0.457 e. The van der Waals surface area contributed by atoms with E-state index in [-0.39, 0.29) is 25.6 Å². The molecule has 48 heavy (non-hydrogen) atoms. The topological polar surface area (TPSA) is 132 Å². The summed E-state index contributed by atoms with van der Waals surface area (Å²) in [6, 6.07) is 0. The van der Waals surface area contributed by atoms with Gasteiger partial charge in [0.25, 0.3) is 0 Å². The quantitative estimate of drug-likeness (QED) is 0.0324. The van der Waals surface area contributed by atoms with Gasteiger partial charge in [0.2, 0.25) is 0 Å². The van der Waals surface area contributed by atoms with Gasteiger partial charge in [0.05, 0.1) is 26.4 Å². The number of phosphoric acid groups is 1. The van der Waals surface area contributed by atoms with E-state index in [1.165, 1.54) is 141 Å². The zero-order valence-electron chi connectivity index (χ0n) is 31.2. The Morgan fingerprint density at radius 2 is 0.938 bits per heavy atom. The largest absolute Gasteiger partial charge is 0.472 e. The fourth-order valence-electron chi connectivity index (χ4n) is 5.71. The van der Waals surface area contributed by atoms with Crippen molar-refractivity contribution in [3.63, 3.8) is 0 Å². The molecule has 0 saturated heterocycles. The number of hydrogen-bond donors (Lipinski definition) is 3. The number of ether oxygens (including phenoxy) is 2. The van der Waals surface area contributed by atoms with E-state index < -0.39 is 33.2 Å². The normalized spacial score (nSPS) is 14.2. The summed E-state index contributed by atoms with van der Waals surface area (Å²) in [5.41, 5.74) is 0. The van der Waals surface area contributed by atoms with Crippen LogP contribution < -0.4 is 0 Å². The van der Waals surface area contributed by atoms with Gasteiger partial charge in [0.1, 0.15) is 12.2 Å². The number of carbonyl (C=O) groups is 1. The van der Waals surface area contributed by atoms with Crippen LogP contribution in [0.2, 0.25) is 0 Å². The van der Waals surface area contributed by atoms with E-state index in [0.29, 0.717) is 6.61 Å². The van der Waals surface area contributed by atoms with E-state index in [1.54, 1.807) is 0 Å². The summed E-state index contributed by atoms with van der Waals surface area (Å²) < 4.78 is 33.2. The van der Waals surface area contributed by atoms with Crippen molar-refractivity contribution in [3.05, 3.63) is 0 Å². The van der Waals surface area contributed by atoms with E-state index in [4.69, 9.17) is 23.6 Å². The van der Waals surface area contributed by atoms with Crippen molar-refractivity contribution in [2.45, 2.75) is 206 Å². The maximum absolute atomic E-state index is 12.5. The lowest BCUT2D eigenvalue weighted by atomic mass is 10.0. The standard InChI is InChI=1S/C38H77O9P/c1-3-5-7-9-11-13-14-15-16-17-18-19-20-21-23-25-27-29-31-44-34-37(35-46-48(42,43)45-33-36(40)32-39)47-38(41)30-28-26-24-22-12-10-8-6-4-2/h36-37,39-40H,3-35H2,1-2H3,(H,42,43). The number of esters is 1. The van der Waals surface area contributed by atoms with Gasteiger partial charge in [-0.25, -0.2) is 4.57 Å². The SMILES string of the molecule is CCCCCCCCCCCCCCCCCCCCOCC(COP(=O)(O)OCC(O)CO)OC(=O)CCCCCCCCCCC. The van der Waals surface area contributed by atoms with Gasteiger partial charge in [-0.3, -0.25) is 13.8 Å². The lowest BCUT2D eigenvalue weighted by Crippen LogP contribution is -2.29. The highest BCUT2D eigenvalue weighted by atomic mass is 31.2. The third-order valence-corrected chi connectivity index (χ3v) is 9.74. The molecular formula is C38H77O9P. The molecule has 3 atom stereocenters. The fraction of sp³-hybridized carbons (Fsp3) is 0.974. The van der Waals surface area contributed by atoms with Gasteiger partial charge >= 0.3 is 13.8 Å². The third kappa shape index (κ3) is 35.3. The molecule has 0 aromatic rings. The van der Waals surface area contributed by atoms with Crippen LogP contribution in [-0.4, -0.2) is 66.3 Å². The Bertz CT molecular complexity index is 724. The predicted octanol–water partition coefficient (Wildman–Crippen LogP) is 10.4. The number of carbonyl (C=O) groups excluding carboxylic acids is 1. The molecule has 3 N–H and O–H groups in total. The van der Waals surface area contributed by atoms with Crippen molar-refractivity contribution in [3.8, 4) is 0 Å². The minimum absolute atomic E-state index is 0.0573. The molecule has 0 aliphatic heterocycles. The first kappa shape index (κ1) is 47.5. The van der Waals surface area contributed by atoms with Crippen LogP contribution in [-0.2, 0) is 27.9 Å². The Morgan fingerprint density at radius 3 is 1.35 bits per heavy atom. The molecule has 0 aliphatic carbocycles. The van der Waals surface area contributed by atoms with Crippen LogP contribution in [0.15, 0.2) is 0 Å². The van der Waals surface area contributed by atoms with Crippen LogP contribution >= 0.6 is 7.82 Å². The van der Waals surface area contributed by atoms with Crippen LogP contribution in [0.1, 0.15) is 194 Å². The summed E-state index contributed by atoms with van der Waals surface area (Å²) in [5, 5.41) is 18.3. The number of rotatable bonds is 39. The monoisotopic (exact) mass is 709 g/mol. The van der Waals surface area contributed by atoms with Crippen LogP contribution in [0.25, 0.3) is 0 Å². The van der Waals surface area contributed by atoms with Gasteiger partial charge in [-0.15, -0.1) is 0 Å². The first-order valence-corrected chi connectivity index (χ1v) is 21.5. The van der Waals surface area contributed by atoms with E-state index in [0.717, 1.165) is 32.1 Å². The molecule has 288 valence electrons. The number of unbranched alkanes of at least 4 members (excludes halogenated alkanes) is 25. The molecule has 0 radical (unpaired) electrons. The molecule has 0 aromatic heterocycles. The molecule has 10 heteroatoms. The van der Waals surface area contributed by atoms with Crippen LogP contribution in [0.5, 0.6) is 0 Å². The second-order valence-corrected chi connectivity index (χ2v) is 15.1. The third-order valence-electron chi connectivity index (χ3n) is 8.79. The lowest BCUT2D eigenvalue weighted by Gasteiger charge is -2.20. The zero-order valence-corrected chi connectivity index (χ0v) is 32.1. The Hall–Kier alpha value is -0.540. The Labute approximate surface area is 295 Å². The maximum Gasteiger partial charge on any atom is 0.472 e. The van der Waals surface area contributed by atoms with Gasteiger partial charge in [-0.1, -0.05) is 174 Å². The Morgan fingerprint density at radius 1 is 0.562 bits per heavy atom. The summed E-state index contributed by atoms with van der Waals surface area (Å²) >= 11 is 0. The highest BCUT2D eigenvalue weighted by molar-refractivity contribution is 7.47. The number of aliphatic hydroxyl groups is 2. The highest BCUT2D eigenvalue weighted by Gasteiger charge is 2.26. The van der Waals surface area contributed by atoms with Gasteiger partial charge in [-0.05, 0) is 12.8 Å². The fourth-order valence-corrected chi connectivity index (χ4v) is 6.50. The Balaban J connectivity index is 4.07. The molecule has 0 fully saturated rings. The van der Waals surface area contributed by atoms with Crippen molar-refractivity contribution in [2.75, 3.05) is 33.0 Å². The molecule has 0 rings (SSSR count). The summed E-state index contributed by atoms with van der Waals surface area (Å²) in [6.45, 7) is 3.53. The molecule has 0 saturated carbocycles. The highest BCUT2D eigenvalue weighted by Crippen LogP contribution is 2.43. The van der Waals surface area contributed by atoms with Gasteiger partial charge in [-0.2, -0.15) is 0 Å². The second kappa shape index (κ2) is 36.3. The molecule has 0 amide bonds. The van der Waals surface area contributed by atoms with Crippen LogP contribution in [0, 0.1) is 0 Å². The van der Waals surface area contributed by atoms with Crippen LogP contribution in [0.3, 0.4) is 0 Å². The summed E-state index contributed by atoms with van der Waals surface area (Å²) in [7, 11) is -4.50. The van der Waals surface area contributed by atoms with Crippen molar-refractivity contribution in [1.82, 2.24) is 0 Å². The average molecular weight is 709 g/mol. The lowest BCUT2D eigenvalue weighted by molar-refractivity contribution is -0.154. The van der Waals surface area contributed by atoms with E-state index in [2.05, 4.69) is 13.8 Å². The average Bonchev–Trinajstić information content (AvgIpc) is 3.07. The summed E-state index contributed by atoms with van der Waals surface area (Å²) in [6.07, 6.45) is 32.1. The van der Waals surface area contributed by atoms with E-state index >= 15 is 0 Å². The number of hydrogen-bond acceptors (Lipinski definition) is 8. The van der Waals surface area contributed by atoms with Gasteiger partial charge in [0.15, 0.2) is 0 Å². The molecule has 0 aliphatic rings. The first-order valence-electron chi connectivity index (χ1n) is 20.0. The molecular weight excluding hydrogens is 631 g/mol. The van der Waals surface area contributed by atoms with E-state index in [1.807, 2.05) is 0 Å². The summed E-state index contributed by atoms with van der Waals surface area (Å²) in [5.74, 6) is -0.382. The van der Waals surface area contributed by atoms with Crippen molar-refractivity contribution < 1.29 is 43.0 Å². The molecule has 0 bridgehead atoms. The number of phosphoric ester groups is 1. The second-order valence-electron chi connectivity index (χ2n) is 13.7. The molecule has 0 spiro atoms. The van der Waals surface area contributed by atoms with Crippen molar-refractivity contribution in [1.29, 1.82) is 0 Å². The van der Waals surface area contributed by atoms with Gasteiger partial charge < -0.3 is 24.6 Å². The van der Waals surface area contributed by atoms with E-state index in [9.17, 15) is 19.4 Å². The van der Waals surface area contributed by atoms with Crippen molar-refractivity contribution >= 4 is 13.8 Å². The number of aliphatic hydroxyl groups excluding tert-OH is 2. The molecule has 3 unspecified atom stereocenters. The minimum Gasteiger partial charge on any atom is -0.457 e. The Kier molecular flexibility index (Phi) is 35.8. The van der Waals surface area contributed by atoms with Crippen molar-refractivity contribution in [2.24, 2.45) is 0 Å². The van der Waals surface area contributed by atoms with Gasteiger partial charge in [0, 0.05) is 13.0 Å².